The van der Waals surface area contributed by atoms with Crippen LogP contribution in [0.4, 0.5) is 4.39 Å². The Morgan fingerprint density at radius 3 is 2.60 bits per heavy atom. The van der Waals surface area contributed by atoms with Crippen LogP contribution >= 0.6 is 0 Å². The van der Waals surface area contributed by atoms with E-state index >= 15 is 0 Å². The predicted molar refractivity (Wildman–Crippen MR) is 94.1 cm³/mol. The van der Waals surface area contributed by atoms with Crippen LogP contribution in [-0.2, 0) is 4.79 Å². The summed E-state index contributed by atoms with van der Waals surface area (Å²) in [5.41, 5.74) is 0.306. The molecule has 1 fully saturated rings. The Morgan fingerprint density at radius 2 is 2.00 bits per heavy atom. The Kier molecular flexibility index (Phi) is 7.22. The lowest BCUT2D eigenvalue weighted by molar-refractivity contribution is -0.126. The molecule has 0 radical (unpaired) electrons. The van der Waals surface area contributed by atoms with E-state index in [-0.39, 0.29) is 23.5 Å². The van der Waals surface area contributed by atoms with Crippen LogP contribution in [0.5, 0.6) is 5.75 Å². The first kappa shape index (κ1) is 19.2. The third kappa shape index (κ3) is 5.18. The van der Waals surface area contributed by atoms with Crippen LogP contribution in [0.3, 0.4) is 0 Å². The first-order valence-corrected chi connectivity index (χ1v) is 8.97. The van der Waals surface area contributed by atoms with Crippen LogP contribution in [0.15, 0.2) is 18.2 Å². The fraction of sp³-hybridized carbons (Fsp3) is 0.579. The highest BCUT2D eigenvalue weighted by atomic mass is 19.1. The van der Waals surface area contributed by atoms with Crippen molar-refractivity contribution < 1.29 is 18.7 Å². The van der Waals surface area contributed by atoms with Gasteiger partial charge in [-0.25, -0.2) is 4.39 Å². The molecule has 0 atom stereocenters. The van der Waals surface area contributed by atoms with Crippen molar-refractivity contribution in [3.05, 3.63) is 29.6 Å². The van der Waals surface area contributed by atoms with E-state index in [2.05, 4.69) is 12.2 Å². The van der Waals surface area contributed by atoms with Crippen molar-refractivity contribution >= 4 is 11.8 Å². The number of unbranched alkanes of at least 4 members (excludes halogenated alkanes) is 2. The van der Waals surface area contributed by atoms with E-state index in [0.29, 0.717) is 31.5 Å². The molecule has 6 heteroatoms. The molecule has 2 amide bonds. The van der Waals surface area contributed by atoms with E-state index in [1.807, 2.05) is 0 Å². The summed E-state index contributed by atoms with van der Waals surface area (Å²) in [5, 5.41) is 2.98. The Labute approximate surface area is 148 Å². The van der Waals surface area contributed by atoms with Gasteiger partial charge in [0.15, 0.2) is 11.6 Å². The van der Waals surface area contributed by atoms with Gasteiger partial charge in [-0.3, -0.25) is 9.59 Å². The molecular weight excluding hydrogens is 323 g/mol. The number of methoxy groups -OCH3 is 1. The molecule has 1 aliphatic rings. The van der Waals surface area contributed by atoms with E-state index < -0.39 is 5.82 Å². The van der Waals surface area contributed by atoms with Crippen LogP contribution in [0, 0.1) is 11.7 Å². The number of hydrogen-bond acceptors (Lipinski definition) is 3. The van der Waals surface area contributed by atoms with Crippen molar-refractivity contribution in [3.8, 4) is 5.75 Å². The Morgan fingerprint density at radius 1 is 1.28 bits per heavy atom. The third-order valence-corrected chi connectivity index (χ3v) is 4.63. The minimum absolute atomic E-state index is 0.0433. The molecule has 138 valence electrons. The van der Waals surface area contributed by atoms with Gasteiger partial charge in [0.2, 0.25) is 5.91 Å². The summed E-state index contributed by atoms with van der Waals surface area (Å²) >= 11 is 0. The van der Waals surface area contributed by atoms with Gasteiger partial charge in [-0.15, -0.1) is 0 Å². The monoisotopic (exact) mass is 350 g/mol. The summed E-state index contributed by atoms with van der Waals surface area (Å²) in [4.78, 5) is 26.3. The molecule has 1 N–H and O–H groups in total. The zero-order valence-electron chi connectivity index (χ0n) is 15.0. The average Bonchev–Trinajstić information content (AvgIpc) is 2.64. The summed E-state index contributed by atoms with van der Waals surface area (Å²) < 4.78 is 18.6. The van der Waals surface area contributed by atoms with Crippen molar-refractivity contribution in [2.75, 3.05) is 26.7 Å². The molecule has 1 aliphatic heterocycles. The second-order valence-electron chi connectivity index (χ2n) is 6.41. The number of rotatable bonds is 7. The summed E-state index contributed by atoms with van der Waals surface area (Å²) in [6.07, 6.45) is 4.53. The first-order valence-electron chi connectivity index (χ1n) is 8.97. The minimum atomic E-state index is -0.547. The molecule has 5 nitrogen and oxygen atoms in total. The Balaban J connectivity index is 1.84. The third-order valence-electron chi connectivity index (χ3n) is 4.63. The number of carbonyl (C=O) groups is 2. The second kappa shape index (κ2) is 9.39. The largest absolute Gasteiger partial charge is 0.494 e. The molecule has 0 aliphatic carbocycles. The van der Waals surface area contributed by atoms with Crippen molar-refractivity contribution in [2.24, 2.45) is 5.92 Å². The van der Waals surface area contributed by atoms with Crippen LogP contribution in [0.1, 0.15) is 49.4 Å². The average molecular weight is 350 g/mol. The maximum Gasteiger partial charge on any atom is 0.253 e. The molecule has 2 rings (SSSR count). The van der Waals surface area contributed by atoms with Gasteiger partial charge in [0.05, 0.1) is 7.11 Å². The summed E-state index contributed by atoms with van der Waals surface area (Å²) in [7, 11) is 1.39. The number of nitrogens with zero attached hydrogens (tertiary/aromatic N) is 1. The number of benzene rings is 1. The van der Waals surface area contributed by atoms with Gasteiger partial charge in [0.1, 0.15) is 0 Å². The van der Waals surface area contributed by atoms with Crippen LogP contribution in [-0.4, -0.2) is 43.5 Å². The van der Waals surface area contributed by atoms with E-state index in [9.17, 15) is 14.0 Å². The smallest absolute Gasteiger partial charge is 0.253 e. The van der Waals surface area contributed by atoms with Gasteiger partial charge in [-0.05, 0) is 37.5 Å². The molecule has 0 saturated carbocycles. The molecule has 25 heavy (non-hydrogen) atoms. The lowest BCUT2D eigenvalue weighted by Gasteiger charge is -2.31. The molecule has 0 spiro atoms. The zero-order valence-corrected chi connectivity index (χ0v) is 15.0. The molecule has 1 aromatic rings. The van der Waals surface area contributed by atoms with Gasteiger partial charge < -0.3 is 15.0 Å². The number of halogens is 1. The zero-order chi connectivity index (χ0) is 18.2. The molecule has 0 unspecified atom stereocenters. The fourth-order valence-corrected chi connectivity index (χ4v) is 3.06. The summed E-state index contributed by atoms with van der Waals surface area (Å²) in [5.74, 6) is -0.593. The van der Waals surface area contributed by atoms with E-state index in [4.69, 9.17) is 4.74 Å². The molecule has 1 heterocycles. The van der Waals surface area contributed by atoms with E-state index in [1.54, 1.807) is 11.0 Å². The lowest BCUT2D eigenvalue weighted by atomic mass is 9.95. The quantitative estimate of drug-likeness (QED) is 0.769. The first-order chi connectivity index (χ1) is 12.1. The highest BCUT2D eigenvalue weighted by Gasteiger charge is 2.27. The van der Waals surface area contributed by atoms with Crippen molar-refractivity contribution in [1.82, 2.24) is 10.2 Å². The van der Waals surface area contributed by atoms with Crippen LogP contribution in [0.25, 0.3) is 0 Å². The minimum Gasteiger partial charge on any atom is -0.494 e. The molecule has 0 aromatic heterocycles. The highest BCUT2D eigenvalue weighted by molar-refractivity contribution is 5.94. The second-order valence-corrected chi connectivity index (χ2v) is 6.41. The van der Waals surface area contributed by atoms with E-state index in [1.165, 1.54) is 19.2 Å². The number of nitrogens with one attached hydrogen (secondary N) is 1. The number of piperidine rings is 1. The Bertz CT molecular complexity index is 598. The summed E-state index contributed by atoms with van der Waals surface area (Å²) in [6, 6.07) is 4.23. The van der Waals surface area contributed by atoms with Crippen molar-refractivity contribution in [3.63, 3.8) is 0 Å². The maximum absolute atomic E-state index is 13.8. The number of ether oxygens (including phenoxy) is 1. The SMILES string of the molecule is CCCCCNC(=O)C1CCN(C(=O)c2ccc(OC)c(F)c2)CC1. The normalized spacial score (nSPS) is 15.1. The summed E-state index contributed by atoms with van der Waals surface area (Å²) in [6.45, 7) is 3.87. The van der Waals surface area contributed by atoms with Crippen molar-refractivity contribution in [2.45, 2.75) is 39.0 Å². The fourth-order valence-electron chi connectivity index (χ4n) is 3.06. The standard InChI is InChI=1S/C19H27FN2O3/c1-3-4-5-10-21-18(23)14-8-11-22(12-9-14)19(24)15-6-7-17(25-2)16(20)13-15/h6-7,13-14H,3-5,8-12H2,1-2H3,(H,21,23). The van der Waals surface area contributed by atoms with Gasteiger partial charge in [-0.2, -0.15) is 0 Å². The maximum atomic E-state index is 13.8. The lowest BCUT2D eigenvalue weighted by Crippen LogP contribution is -2.43. The molecule has 1 saturated heterocycles. The predicted octanol–water partition coefficient (Wildman–Crippen LogP) is 2.99. The van der Waals surface area contributed by atoms with Crippen molar-refractivity contribution in [1.29, 1.82) is 0 Å². The van der Waals surface area contributed by atoms with Gasteiger partial charge in [0, 0.05) is 31.1 Å². The van der Waals surface area contributed by atoms with Gasteiger partial charge in [0.25, 0.3) is 5.91 Å². The molecular formula is C19H27FN2O3. The van der Waals surface area contributed by atoms with Crippen LogP contribution < -0.4 is 10.1 Å². The highest BCUT2D eigenvalue weighted by Crippen LogP contribution is 2.22. The Hall–Kier alpha value is -2.11. The van der Waals surface area contributed by atoms with Gasteiger partial charge in [-0.1, -0.05) is 19.8 Å². The number of carbonyl (C=O) groups excluding carboxylic acids is 2. The number of amides is 2. The number of hydrogen-bond donors (Lipinski definition) is 1. The molecule has 0 bridgehead atoms. The molecule has 1 aromatic carbocycles. The van der Waals surface area contributed by atoms with Crippen LogP contribution in [0.2, 0.25) is 0 Å². The number of likely N-dealkylation sites (tertiary alicyclic amines) is 1. The van der Waals surface area contributed by atoms with E-state index in [0.717, 1.165) is 25.8 Å². The van der Waals surface area contributed by atoms with Gasteiger partial charge >= 0.3 is 0 Å². The topological polar surface area (TPSA) is 58.6 Å².